The molecule has 0 spiro atoms. The van der Waals surface area contributed by atoms with Gasteiger partial charge in [0.1, 0.15) is 36.1 Å². The topological polar surface area (TPSA) is 170 Å². The quantitative estimate of drug-likeness (QED) is 0.407. The number of hydrogen-bond donors (Lipinski definition) is 5. The first-order valence-corrected chi connectivity index (χ1v) is 8.25. The van der Waals surface area contributed by atoms with Crippen molar-refractivity contribution < 1.29 is 24.9 Å². The van der Waals surface area contributed by atoms with Gasteiger partial charge in [-0.2, -0.15) is 0 Å². The number of amides is 1. The van der Waals surface area contributed by atoms with Gasteiger partial charge in [-0.05, 0) is 6.26 Å². The molecule has 0 saturated carbocycles. The van der Waals surface area contributed by atoms with Crippen LogP contribution >= 0.6 is 11.8 Å². The van der Waals surface area contributed by atoms with Gasteiger partial charge in [0.25, 0.3) is 5.91 Å². The smallest absolute Gasteiger partial charge is 0.252 e. The number of nitrogen functional groups attached to an aromatic ring is 1. The Morgan fingerprint density at radius 1 is 1.42 bits per heavy atom. The third-order valence-corrected chi connectivity index (χ3v) is 4.77. The van der Waals surface area contributed by atoms with Gasteiger partial charge in [-0.3, -0.25) is 9.36 Å². The van der Waals surface area contributed by atoms with Crippen molar-refractivity contribution in [3.8, 4) is 0 Å². The van der Waals surface area contributed by atoms with Crippen molar-refractivity contribution in [1.82, 2.24) is 14.5 Å². The van der Waals surface area contributed by atoms with E-state index in [0.29, 0.717) is 5.03 Å². The van der Waals surface area contributed by atoms with Gasteiger partial charge >= 0.3 is 0 Å². The number of carbonyl (C=O) groups excluding carboxylic acids is 1. The maximum atomic E-state index is 11.9. The Bertz CT molecular complexity index is 797. The van der Waals surface area contributed by atoms with E-state index in [9.17, 15) is 20.1 Å². The van der Waals surface area contributed by atoms with Crippen LogP contribution in [0.5, 0.6) is 0 Å². The summed E-state index contributed by atoms with van der Waals surface area (Å²) in [7, 11) is 0. The molecule has 10 nitrogen and oxygen atoms in total. The molecule has 1 saturated heterocycles. The van der Waals surface area contributed by atoms with Crippen LogP contribution in [-0.2, 0) is 4.74 Å². The van der Waals surface area contributed by atoms with E-state index in [1.165, 1.54) is 22.7 Å². The van der Waals surface area contributed by atoms with Crippen molar-refractivity contribution in [3.05, 3.63) is 11.9 Å². The summed E-state index contributed by atoms with van der Waals surface area (Å²) in [4.78, 5) is 19.9. The number of aliphatic hydroxyl groups excluding tert-OH is 3. The van der Waals surface area contributed by atoms with Crippen LogP contribution in [0.3, 0.4) is 0 Å². The van der Waals surface area contributed by atoms with Gasteiger partial charge in [-0.15, -0.1) is 11.8 Å². The molecule has 2 aromatic heterocycles. The standard InChI is InChI=1S/C13H17N5O5S/c1-24-13-6(10(15)22)5-9(14)16-3-17-11(5)18(13)12-8(21)7(20)4(2-19)23-12/h3-4,7-8,12,19-21H,2H2,1H3,(H2,15,22)(H2,14,16,17). The molecule has 3 heterocycles. The number of carbonyl (C=O) groups is 1. The zero-order valence-electron chi connectivity index (χ0n) is 12.7. The lowest BCUT2D eigenvalue weighted by Gasteiger charge is -2.19. The van der Waals surface area contributed by atoms with Crippen molar-refractivity contribution in [2.24, 2.45) is 5.73 Å². The number of nitrogens with two attached hydrogens (primary N) is 2. The highest BCUT2D eigenvalue weighted by Gasteiger charge is 2.45. The molecular weight excluding hydrogens is 338 g/mol. The highest BCUT2D eigenvalue weighted by molar-refractivity contribution is 7.98. The van der Waals surface area contributed by atoms with E-state index in [2.05, 4.69) is 9.97 Å². The van der Waals surface area contributed by atoms with Crippen LogP contribution in [-0.4, -0.2) is 66.9 Å². The molecule has 4 unspecified atom stereocenters. The summed E-state index contributed by atoms with van der Waals surface area (Å²) in [5, 5.41) is 30.2. The van der Waals surface area contributed by atoms with Crippen LogP contribution in [0.15, 0.2) is 11.4 Å². The van der Waals surface area contributed by atoms with E-state index in [1.54, 1.807) is 6.26 Å². The average molecular weight is 355 g/mol. The Morgan fingerprint density at radius 2 is 2.12 bits per heavy atom. The molecule has 0 aromatic carbocycles. The average Bonchev–Trinajstić information content (AvgIpc) is 3.03. The minimum atomic E-state index is -1.33. The second-order valence-corrected chi connectivity index (χ2v) is 6.10. The molecule has 4 atom stereocenters. The number of aliphatic hydroxyl groups is 3. The normalized spacial score (nSPS) is 27.0. The molecule has 7 N–H and O–H groups in total. The first kappa shape index (κ1) is 16.9. The summed E-state index contributed by atoms with van der Waals surface area (Å²) in [5.41, 5.74) is 11.7. The molecule has 130 valence electrons. The van der Waals surface area contributed by atoms with Crippen molar-refractivity contribution in [2.45, 2.75) is 29.6 Å². The summed E-state index contributed by atoms with van der Waals surface area (Å²) in [6.07, 6.45) is -1.73. The lowest BCUT2D eigenvalue weighted by molar-refractivity contribution is -0.0543. The predicted octanol–water partition coefficient (Wildman–Crippen LogP) is -1.55. The fraction of sp³-hybridized carbons (Fsp3) is 0.462. The second-order valence-electron chi connectivity index (χ2n) is 5.30. The van der Waals surface area contributed by atoms with E-state index in [0.717, 1.165) is 0 Å². The van der Waals surface area contributed by atoms with Crippen LogP contribution in [0.4, 0.5) is 5.82 Å². The summed E-state index contributed by atoms with van der Waals surface area (Å²) in [6, 6.07) is 0. The van der Waals surface area contributed by atoms with Crippen molar-refractivity contribution in [2.75, 3.05) is 18.6 Å². The minimum Gasteiger partial charge on any atom is -0.394 e. The maximum Gasteiger partial charge on any atom is 0.252 e. The largest absolute Gasteiger partial charge is 0.394 e. The molecule has 0 radical (unpaired) electrons. The van der Waals surface area contributed by atoms with E-state index in [-0.39, 0.29) is 22.4 Å². The Labute approximate surface area is 140 Å². The van der Waals surface area contributed by atoms with Crippen molar-refractivity contribution in [1.29, 1.82) is 0 Å². The number of nitrogens with zero attached hydrogens (tertiary/aromatic N) is 3. The van der Waals surface area contributed by atoms with Crippen LogP contribution < -0.4 is 11.5 Å². The Morgan fingerprint density at radius 3 is 2.67 bits per heavy atom. The summed E-state index contributed by atoms with van der Waals surface area (Å²) in [6.45, 7) is -0.470. The molecule has 0 aliphatic carbocycles. The second kappa shape index (κ2) is 6.18. The molecular formula is C13H17N5O5S. The monoisotopic (exact) mass is 355 g/mol. The number of hydrogen-bond acceptors (Lipinski definition) is 9. The molecule has 11 heteroatoms. The van der Waals surface area contributed by atoms with Crippen molar-refractivity contribution >= 4 is 34.5 Å². The molecule has 2 aromatic rings. The lowest BCUT2D eigenvalue weighted by atomic mass is 10.1. The first-order chi connectivity index (χ1) is 11.4. The zero-order valence-corrected chi connectivity index (χ0v) is 13.5. The first-order valence-electron chi connectivity index (χ1n) is 7.03. The highest BCUT2D eigenvalue weighted by atomic mass is 32.2. The summed E-state index contributed by atoms with van der Waals surface area (Å²) < 4.78 is 7.00. The van der Waals surface area contributed by atoms with Crippen LogP contribution in [0.25, 0.3) is 11.0 Å². The van der Waals surface area contributed by atoms with Crippen LogP contribution in [0.1, 0.15) is 16.6 Å². The van der Waals surface area contributed by atoms with Gasteiger partial charge in [-0.1, -0.05) is 0 Å². The number of fused-ring (bicyclic) bond motifs is 1. The molecule has 1 fully saturated rings. The fourth-order valence-corrected chi connectivity index (χ4v) is 3.69. The molecule has 1 aliphatic heterocycles. The number of thioether (sulfide) groups is 1. The molecule has 1 aliphatic rings. The molecule has 3 rings (SSSR count). The van der Waals surface area contributed by atoms with E-state index < -0.39 is 37.1 Å². The SMILES string of the molecule is CSc1c(C(N)=O)c2c(N)ncnc2n1C1OC(CO)C(O)C1O. The highest BCUT2D eigenvalue weighted by Crippen LogP contribution is 2.40. The van der Waals surface area contributed by atoms with Gasteiger partial charge in [-0.25, -0.2) is 9.97 Å². The maximum absolute atomic E-state index is 11.9. The van der Waals surface area contributed by atoms with Gasteiger partial charge in [0.05, 0.1) is 22.6 Å². The third-order valence-electron chi connectivity index (χ3n) is 3.98. The number of primary amides is 1. The van der Waals surface area contributed by atoms with Gasteiger partial charge < -0.3 is 31.5 Å². The zero-order chi connectivity index (χ0) is 17.6. The van der Waals surface area contributed by atoms with E-state index >= 15 is 0 Å². The fourth-order valence-electron chi connectivity index (χ4n) is 2.89. The number of aromatic nitrogens is 3. The summed E-state index contributed by atoms with van der Waals surface area (Å²) >= 11 is 1.19. The van der Waals surface area contributed by atoms with E-state index in [4.69, 9.17) is 16.2 Å². The Balaban J connectivity index is 2.29. The Kier molecular flexibility index (Phi) is 4.36. The third kappa shape index (κ3) is 2.32. The Hall–Kier alpha value is -1.92. The molecule has 24 heavy (non-hydrogen) atoms. The van der Waals surface area contributed by atoms with Crippen LogP contribution in [0, 0.1) is 0 Å². The predicted molar refractivity (Wildman–Crippen MR) is 85.2 cm³/mol. The van der Waals surface area contributed by atoms with Gasteiger partial charge in [0.15, 0.2) is 6.23 Å². The van der Waals surface area contributed by atoms with Crippen LogP contribution in [0.2, 0.25) is 0 Å². The lowest BCUT2D eigenvalue weighted by Crippen LogP contribution is -2.33. The minimum absolute atomic E-state index is 0.0644. The molecule has 1 amide bonds. The van der Waals surface area contributed by atoms with Gasteiger partial charge in [0, 0.05) is 0 Å². The number of anilines is 1. The molecule has 0 bridgehead atoms. The number of rotatable bonds is 4. The number of ether oxygens (including phenoxy) is 1. The van der Waals surface area contributed by atoms with E-state index in [1.807, 2.05) is 0 Å². The summed E-state index contributed by atoms with van der Waals surface area (Å²) in [5.74, 6) is -0.661. The van der Waals surface area contributed by atoms with Crippen molar-refractivity contribution in [3.63, 3.8) is 0 Å². The van der Waals surface area contributed by atoms with Gasteiger partial charge in [0.2, 0.25) is 0 Å².